The molecular weight excluding hydrogens is 439 g/mol. The standard InChI is InChI=1S/C25H29FN4O4/c1-16(2)27-22(31)10-6-7-13-29-24(33)19-8-4-5-9-21(19)30(25(29)34)15-23(32)28-18-12-11-17(3)20(26)14-18/h4-5,8-9,11-12,14,16H,6-7,10,13,15H2,1-3H3,(H,27,31)(H,28,32). The summed E-state index contributed by atoms with van der Waals surface area (Å²) in [7, 11) is 0. The second kappa shape index (κ2) is 10.9. The van der Waals surface area contributed by atoms with Gasteiger partial charge in [0.25, 0.3) is 5.56 Å². The fraction of sp³-hybridized carbons (Fsp3) is 0.360. The SMILES string of the molecule is Cc1ccc(NC(=O)Cn2c(=O)n(CCCCC(=O)NC(C)C)c(=O)c3ccccc32)cc1F. The van der Waals surface area contributed by atoms with Gasteiger partial charge in [0.05, 0.1) is 10.9 Å². The Morgan fingerprint density at radius 3 is 2.44 bits per heavy atom. The molecule has 0 aliphatic heterocycles. The number of benzene rings is 2. The second-order valence-electron chi connectivity index (χ2n) is 8.53. The zero-order chi connectivity index (χ0) is 24.8. The van der Waals surface area contributed by atoms with Gasteiger partial charge in [-0.05, 0) is 63.4 Å². The minimum Gasteiger partial charge on any atom is -0.354 e. The summed E-state index contributed by atoms with van der Waals surface area (Å²) in [4.78, 5) is 50.6. The van der Waals surface area contributed by atoms with Gasteiger partial charge in [0.2, 0.25) is 11.8 Å². The first kappa shape index (κ1) is 24.9. The highest BCUT2D eigenvalue weighted by molar-refractivity contribution is 5.91. The maximum absolute atomic E-state index is 13.8. The molecule has 8 nitrogen and oxygen atoms in total. The van der Waals surface area contributed by atoms with E-state index in [1.807, 2.05) is 13.8 Å². The molecule has 0 atom stereocenters. The van der Waals surface area contributed by atoms with Crippen LogP contribution in [0.4, 0.5) is 10.1 Å². The molecule has 0 spiro atoms. The number of hydrogen-bond donors (Lipinski definition) is 2. The fourth-order valence-corrected chi connectivity index (χ4v) is 3.69. The lowest BCUT2D eigenvalue weighted by molar-refractivity contribution is -0.121. The van der Waals surface area contributed by atoms with Crippen LogP contribution in [0.5, 0.6) is 0 Å². The summed E-state index contributed by atoms with van der Waals surface area (Å²) in [6.07, 6.45) is 1.26. The molecule has 2 aromatic carbocycles. The number of fused-ring (bicyclic) bond motifs is 1. The Kier molecular flexibility index (Phi) is 7.99. The molecule has 0 unspecified atom stereocenters. The first-order valence-electron chi connectivity index (χ1n) is 11.2. The van der Waals surface area contributed by atoms with Crippen molar-refractivity contribution in [3.8, 4) is 0 Å². The first-order valence-corrected chi connectivity index (χ1v) is 11.2. The number of para-hydroxylation sites is 1. The van der Waals surface area contributed by atoms with E-state index in [1.165, 1.54) is 10.6 Å². The third kappa shape index (κ3) is 5.98. The highest BCUT2D eigenvalue weighted by atomic mass is 19.1. The zero-order valence-electron chi connectivity index (χ0n) is 19.6. The lowest BCUT2D eigenvalue weighted by Crippen LogP contribution is -2.41. The molecule has 0 aliphatic rings. The Hall–Kier alpha value is -3.75. The van der Waals surface area contributed by atoms with Crippen molar-refractivity contribution < 1.29 is 14.0 Å². The molecule has 2 N–H and O–H groups in total. The van der Waals surface area contributed by atoms with Crippen LogP contribution in [0.1, 0.15) is 38.7 Å². The average molecular weight is 469 g/mol. The molecule has 0 fully saturated rings. The monoisotopic (exact) mass is 468 g/mol. The molecule has 180 valence electrons. The minimum absolute atomic E-state index is 0.0466. The number of unbranched alkanes of at least 4 members (excludes halogenated alkanes) is 1. The lowest BCUT2D eigenvalue weighted by atomic mass is 10.2. The number of carbonyl (C=O) groups excluding carboxylic acids is 2. The molecule has 0 aliphatic carbocycles. The van der Waals surface area contributed by atoms with Crippen LogP contribution in [0.15, 0.2) is 52.1 Å². The van der Waals surface area contributed by atoms with Crippen molar-refractivity contribution in [2.75, 3.05) is 5.32 Å². The van der Waals surface area contributed by atoms with Crippen LogP contribution < -0.4 is 21.9 Å². The number of nitrogens with one attached hydrogen (secondary N) is 2. The summed E-state index contributed by atoms with van der Waals surface area (Å²) in [5.74, 6) is -1.05. The fourth-order valence-electron chi connectivity index (χ4n) is 3.69. The van der Waals surface area contributed by atoms with Crippen LogP contribution in [0.3, 0.4) is 0 Å². The third-order valence-corrected chi connectivity index (χ3v) is 5.37. The predicted octanol–water partition coefficient (Wildman–Crippen LogP) is 2.94. The predicted molar refractivity (Wildman–Crippen MR) is 129 cm³/mol. The molecule has 9 heteroatoms. The van der Waals surface area contributed by atoms with Gasteiger partial charge in [0, 0.05) is 24.7 Å². The Labute approximate surface area is 196 Å². The number of hydrogen-bond acceptors (Lipinski definition) is 4. The van der Waals surface area contributed by atoms with Crippen LogP contribution in [0, 0.1) is 12.7 Å². The van der Waals surface area contributed by atoms with E-state index in [2.05, 4.69) is 10.6 Å². The molecule has 1 heterocycles. The van der Waals surface area contributed by atoms with Crippen LogP contribution >= 0.6 is 0 Å². The molecule has 0 saturated carbocycles. The summed E-state index contributed by atoms with van der Waals surface area (Å²) < 4.78 is 16.2. The summed E-state index contributed by atoms with van der Waals surface area (Å²) in [5, 5.41) is 5.71. The van der Waals surface area contributed by atoms with E-state index < -0.39 is 23.0 Å². The molecule has 1 aromatic heterocycles. The molecule has 3 aromatic rings. The van der Waals surface area contributed by atoms with E-state index in [1.54, 1.807) is 43.3 Å². The van der Waals surface area contributed by atoms with Gasteiger partial charge in [-0.25, -0.2) is 9.18 Å². The van der Waals surface area contributed by atoms with Crippen molar-refractivity contribution in [2.45, 2.75) is 59.2 Å². The number of halogens is 1. The van der Waals surface area contributed by atoms with E-state index in [0.29, 0.717) is 35.7 Å². The van der Waals surface area contributed by atoms with Crippen molar-refractivity contribution in [3.05, 3.63) is 74.7 Å². The van der Waals surface area contributed by atoms with E-state index >= 15 is 0 Å². The summed E-state index contributed by atoms with van der Waals surface area (Å²) >= 11 is 0. The van der Waals surface area contributed by atoms with Crippen LogP contribution in [-0.4, -0.2) is 27.0 Å². The summed E-state index contributed by atoms with van der Waals surface area (Å²) in [6, 6.07) is 11.0. The number of carbonyl (C=O) groups is 2. The van der Waals surface area contributed by atoms with Crippen LogP contribution in [-0.2, 0) is 22.7 Å². The number of amides is 2. The molecule has 0 saturated heterocycles. The van der Waals surface area contributed by atoms with Crippen molar-refractivity contribution in [3.63, 3.8) is 0 Å². The number of anilines is 1. The van der Waals surface area contributed by atoms with Crippen LogP contribution in [0.25, 0.3) is 10.9 Å². The van der Waals surface area contributed by atoms with Crippen LogP contribution in [0.2, 0.25) is 0 Å². The topological polar surface area (TPSA) is 102 Å². The molecular formula is C25H29FN4O4. The Morgan fingerprint density at radius 2 is 1.74 bits per heavy atom. The molecule has 3 rings (SSSR count). The van der Waals surface area contributed by atoms with Gasteiger partial charge in [0.15, 0.2) is 0 Å². The maximum Gasteiger partial charge on any atom is 0.331 e. The van der Waals surface area contributed by atoms with Crippen molar-refractivity contribution in [1.29, 1.82) is 0 Å². The third-order valence-electron chi connectivity index (χ3n) is 5.37. The van der Waals surface area contributed by atoms with Crippen molar-refractivity contribution in [1.82, 2.24) is 14.5 Å². The second-order valence-corrected chi connectivity index (χ2v) is 8.53. The number of aromatic nitrogens is 2. The maximum atomic E-state index is 13.8. The highest BCUT2D eigenvalue weighted by Gasteiger charge is 2.16. The largest absolute Gasteiger partial charge is 0.354 e. The van der Waals surface area contributed by atoms with Gasteiger partial charge in [-0.3, -0.25) is 23.5 Å². The number of rotatable bonds is 9. The van der Waals surface area contributed by atoms with Gasteiger partial charge in [0.1, 0.15) is 12.4 Å². The van der Waals surface area contributed by atoms with Gasteiger partial charge < -0.3 is 10.6 Å². The Bertz CT molecular complexity index is 1330. The van der Waals surface area contributed by atoms with Crippen molar-refractivity contribution >= 4 is 28.4 Å². The first-order chi connectivity index (χ1) is 16.2. The van der Waals surface area contributed by atoms with E-state index in [-0.39, 0.29) is 30.7 Å². The van der Waals surface area contributed by atoms with E-state index in [0.717, 1.165) is 4.57 Å². The van der Waals surface area contributed by atoms with E-state index in [9.17, 15) is 23.6 Å². The van der Waals surface area contributed by atoms with Gasteiger partial charge in [-0.2, -0.15) is 0 Å². The molecule has 2 amide bonds. The number of nitrogens with zero attached hydrogens (tertiary/aromatic N) is 2. The normalized spacial score (nSPS) is 11.1. The quantitative estimate of drug-likeness (QED) is 0.472. The smallest absolute Gasteiger partial charge is 0.331 e. The van der Waals surface area contributed by atoms with Gasteiger partial charge in [-0.15, -0.1) is 0 Å². The van der Waals surface area contributed by atoms with E-state index in [4.69, 9.17) is 0 Å². The molecule has 34 heavy (non-hydrogen) atoms. The zero-order valence-corrected chi connectivity index (χ0v) is 19.6. The van der Waals surface area contributed by atoms with Gasteiger partial charge >= 0.3 is 5.69 Å². The van der Waals surface area contributed by atoms with Gasteiger partial charge in [-0.1, -0.05) is 18.2 Å². The van der Waals surface area contributed by atoms with Crippen molar-refractivity contribution in [2.24, 2.45) is 0 Å². The molecule has 0 bridgehead atoms. The average Bonchev–Trinajstić information content (AvgIpc) is 2.78. The molecule has 0 radical (unpaired) electrons. The minimum atomic E-state index is -0.611. The Balaban J connectivity index is 1.82. The summed E-state index contributed by atoms with van der Waals surface area (Å²) in [6.45, 7) is 5.15. The highest BCUT2D eigenvalue weighted by Crippen LogP contribution is 2.14. The Morgan fingerprint density at radius 1 is 1.00 bits per heavy atom. The lowest BCUT2D eigenvalue weighted by Gasteiger charge is -2.14. The summed E-state index contributed by atoms with van der Waals surface area (Å²) in [5.41, 5.74) is 0.0211. The number of aryl methyl sites for hydroxylation is 1.